The fourth-order valence-electron chi connectivity index (χ4n) is 7.11. The fraction of sp³-hybridized carbons (Fsp3) is 0.382. The summed E-state index contributed by atoms with van der Waals surface area (Å²) in [4.78, 5) is 45.5. The second-order valence-electron chi connectivity index (χ2n) is 11.4. The maximum atomic E-state index is 14.5. The monoisotopic (exact) mass is 584 g/mol. The molecule has 0 radical (unpaired) electrons. The van der Waals surface area contributed by atoms with Gasteiger partial charge < -0.3 is 23.8 Å². The number of hydrogen-bond donors (Lipinski definition) is 0. The highest BCUT2D eigenvalue weighted by atomic mass is 16.5. The summed E-state index contributed by atoms with van der Waals surface area (Å²) < 4.78 is 23.5. The number of ketones is 2. The molecule has 2 bridgehead atoms. The molecule has 9 heteroatoms. The van der Waals surface area contributed by atoms with Crippen molar-refractivity contribution in [1.82, 2.24) is 9.80 Å². The first-order valence-electron chi connectivity index (χ1n) is 14.4. The van der Waals surface area contributed by atoms with Gasteiger partial charge in [-0.1, -0.05) is 30.3 Å². The predicted molar refractivity (Wildman–Crippen MR) is 159 cm³/mol. The highest BCUT2D eigenvalue weighted by molar-refractivity contribution is 6.25. The third kappa shape index (κ3) is 4.17. The van der Waals surface area contributed by atoms with Crippen LogP contribution in [0.5, 0.6) is 11.5 Å². The summed E-state index contributed by atoms with van der Waals surface area (Å²) in [5.74, 6) is 0.488. The van der Waals surface area contributed by atoms with E-state index in [-0.39, 0.29) is 41.8 Å². The van der Waals surface area contributed by atoms with Gasteiger partial charge >= 0.3 is 0 Å². The number of likely N-dealkylation sites (N-methyl/N-ethyl adjacent to an activating group) is 1. The Balaban J connectivity index is 1.55. The summed E-state index contributed by atoms with van der Waals surface area (Å²) in [7, 11) is 6.45. The number of fused-ring (bicyclic) bond motifs is 6. The minimum absolute atomic E-state index is 0.0528. The van der Waals surface area contributed by atoms with E-state index in [0.29, 0.717) is 34.9 Å². The average Bonchev–Trinajstić information content (AvgIpc) is 3.00. The van der Waals surface area contributed by atoms with Gasteiger partial charge in [0.05, 0.1) is 52.7 Å². The van der Waals surface area contributed by atoms with Crippen molar-refractivity contribution in [2.24, 2.45) is 0 Å². The molecule has 224 valence electrons. The van der Waals surface area contributed by atoms with Gasteiger partial charge in [0.15, 0.2) is 23.0 Å². The Labute approximate surface area is 251 Å². The van der Waals surface area contributed by atoms with Gasteiger partial charge in [0.2, 0.25) is 11.7 Å². The number of hydrogen-bond acceptors (Lipinski definition) is 8. The van der Waals surface area contributed by atoms with Gasteiger partial charge in [-0.3, -0.25) is 19.3 Å². The molecule has 43 heavy (non-hydrogen) atoms. The SMILES string of the molecule is COC1=C(C)C(=O)C2=C(C1=O)[C@@H]1C3=Cc4c(C)c(C)c(OC)c(OC)c4[C@H](COCc4ccccc4)N3C(=O)[C@H](C2)N1C. The van der Waals surface area contributed by atoms with E-state index in [2.05, 4.69) is 0 Å². The summed E-state index contributed by atoms with van der Waals surface area (Å²) in [6.45, 7) is 6.12. The first-order chi connectivity index (χ1) is 20.7. The lowest BCUT2D eigenvalue weighted by Gasteiger charge is -2.54. The Kier molecular flexibility index (Phi) is 7.26. The molecule has 2 aromatic carbocycles. The van der Waals surface area contributed by atoms with Crippen molar-refractivity contribution in [3.8, 4) is 11.5 Å². The zero-order valence-corrected chi connectivity index (χ0v) is 25.6. The molecule has 0 unspecified atom stereocenters. The van der Waals surface area contributed by atoms with Gasteiger partial charge in [-0.2, -0.15) is 0 Å². The molecule has 2 aromatic rings. The Hall–Kier alpha value is -4.21. The van der Waals surface area contributed by atoms with Gasteiger partial charge in [0, 0.05) is 34.4 Å². The number of benzene rings is 2. The quantitative estimate of drug-likeness (QED) is 0.447. The predicted octanol–water partition coefficient (Wildman–Crippen LogP) is 4.22. The van der Waals surface area contributed by atoms with Crippen molar-refractivity contribution in [1.29, 1.82) is 0 Å². The first kappa shape index (κ1) is 28.9. The standard InChI is InChI=1S/C34H36N2O7/c1-17-18(2)32(41-6)33(42-7)26-21(17)13-23-28-27-22(29(37)19(3)31(40-5)30(27)38)14-24(35(28)4)34(39)36(23)25(26)16-43-15-20-11-9-8-10-12-20/h8-13,24-25,28H,14-16H2,1-7H3/t24-,25-,28-/m0/s1. The van der Waals surface area contributed by atoms with Crippen LogP contribution in [0, 0.1) is 13.8 Å². The molecule has 1 saturated heterocycles. The van der Waals surface area contributed by atoms with Crippen LogP contribution in [0.25, 0.3) is 6.08 Å². The summed E-state index contributed by atoms with van der Waals surface area (Å²) in [5, 5.41) is 0. The maximum Gasteiger partial charge on any atom is 0.245 e. The Bertz CT molecular complexity index is 1650. The maximum absolute atomic E-state index is 14.5. The van der Waals surface area contributed by atoms with Crippen molar-refractivity contribution in [2.75, 3.05) is 35.0 Å². The second-order valence-corrected chi connectivity index (χ2v) is 11.4. The van der Waals surface area contributed by atoms with E-state index in [1.807, 2.05) is 62.2 Å². The van der Waals surface area contributed by atoms with E-state index in [9.17, 15) is 14.4 Å². The van der Waals surface area contributed by atoms with Gasteiger partial charge in [-0.25, -0.2) is 0 Å². The van der Waals surface area contributed by atoms with Gasteiger partial charge in [0.1, 0.15) is 0 Å². The number of amides is 1. The van der Waals surface area contributed by atoms with Crippen LogP contribution in [0.2, 0.25) is 0 Å². The molecule has 3 heterocycles. The summed E-state index contributed by atoms with van der Waals surface area (Å²) in [6, 6.07) is 8.02. The van der Waals surface area contributed by atoms with Gasteiger partial charge in [-0.15, -0.1) is 0 Å². The zero-order chi connectivity index (χ0) is 30.7. The largest absolute Gasteiger partial charge is 0.493 e. The second kappa shape index (κ2) is 10.8. The number of carbonyl (C=O) groups is 3. The van der Waals surface area contributed by atoms with Crippen molar-refractivity contribution >= 4 is 23.5 Å². The lowest BCUT2D eigenvalue weighted by Crippen LogP contribution is -2.64. The number of ether oxygens (including phenoxy) is 4. The number of nitrogens with zero attached hydrogens (tertiary/aromatic N) is 2. The lowest BCUT2D eigenvalue weighted by atomic mass is 9.73. The summed E-state index contributed by atoms with van der Waals surface area (Å²) >= 11 is 0. The molecule has 4 aliphatic rings. The van der Waals surface area contributed by atoms with E-state index >= 15 is 0 Å². The van der Waals surface area contributed by atoms with Crippen LogP contribution < -0.4 is 9.47 Å². The lowest BCUT2D eigenvalue weighted by molar-refractivity contribution is -0.145. The fourth-order valence-corrected chi connectivity index (χ4v) is 7.11. The molecule has 0 saturated carbocycles. The number of rotatable bonds is 7. The van der Waals surface area contributed by atoms with Gasteiger partial charge in [-0.05, 0) is 56.1 Å². The Morgan fingerprint density at radius 1 is 0.884 bits per heavy atom. The minimum atomic E-state index is -0.632. The number of methoxy groups -OCH3 is 3. The zero-order valence-electron chi connectivity index (χ0n) is 25.6. The van der Waals surface area contributed by atoms with Crippen LogP contribution in [0.4, 0.5) is 0 Å². The van der Waals surface area contributed by atoms with E-state index in [4.69, 9.17) is 18.9 Å². The number of carbonyl (C=O) groups excluding carboxylic acids is 3. The molecule has 0 aromatic heterocycles. The summed E-state index contributed by atoms with van der Waals surface area (Å²) in [5.41, 5.74) is 6.24. The molecule has 3 aliphatic heterocycles. The molecular weight excluding hydrogens is 548 g/mol. The molecule has 1 fully saturated rings. The topological polar surface area (TPSA) is 94.6 Å². The summed E-state index contributed by atoms with van der Waals surface area (Å²) in [6.07, 6.45) is 2.11. The van der Waals surface area contributed by atoms with E-state index in [1.165, 1.54) is 7.11 Å². The van der Waals surface area contributed by atoms with Crippen molar-refractivity contribution in [3.63, 3.8) is 0 Å². The number of allylic oxidation sites excluding steroid dienone is 2. The van der Waals surface area contributed by atoms with Crippen molar-refractivity contribution < 1.29 is 33.3 Å². The normalized spacial score (nSPS) is 23.1. The Morgan fingerprint density at radius 3 is 2.23 bits per heavy atom. The highest BCUT2D eigenvalue weighted by Crippen LogP contribution is 2.53. The highest BCUT2D eigenvalue weighted by Gasteiger charge is 2.55. The van der Waals surface area contributed by atoms with Crippen LogP contribution >= 0.6 is 0 Å². The molecular formula is C34H36N2O7. The molecule has 6 rings (SSSR count). The van der Waals surface area contributed by atoms with Crippen molar-refractivity contribution in [2.45, 2.75) is 51.9 Å². The van der Waals surface area contributed by atoms with Gasteiger partial charge in [0.25, 0.3) is 0 Å². The molecule has 1 amide bonds. The third-order valence-electron chi connectivity index (χ3n) is 9.37. The van der Waals surface area contributed by atoms with Crippen LogP contribution in [-0.2, 0) is 30.5 Å². The molecule has 0 spiro atoms. The minimum Gasteiger partial charge on any atom is -0.493 e. The van der Waals surface area contributed by atoms with Crippen LogP contribution in [0.15, 0.2) is 58.5 Å². The van der Waals surface area contributed by atoms with E-state index in [1.54, 1.807) is 26.0 Å². The van der Waals surface area contributed by atoms with E-state index < -0.39 is 18.1 Å². The molecule has 9 nitrogen and oxygen atoms in total. The van der Waals surface area contributed by atoms with E-state index in [0.717, 1.165) is 27.8 Å². The number of Topliss-reactive ketones (excluding diaryl/α,β-unsaturated/α-hetero) is 2. The first-order valence-corrected chi connectivity index (χ1v) is 14.4. The third-order valence-corrected chi connectivity index (χ3v) is 9.37. The van der Waals surface area contributed by atoms with Crippen molar-refractivity contribution in [3.05, 3.63) is 86.3 Å². The van der Waals surface area contributed by atoms with Crippen LogP contribution in [-0.4, -0.2) is 74.3 Å². The smallest absolute Gasteiger partial charge is 0.245 e. The number of piperazine rings is 1. The average molecular weight is 585 g/mol. The molecule has 1 aliphatic carbocycles. The van der Waals surface area contributed by atoms with Crippen LogP contribution in [0.1, 0.15) is 47.2 Å². The Morgan fingerprint density at radius 2 is 1.58 bits per heavy atom. The molecule has 3 atom stereocenters. The molecule has 0 N–H and O–H groups in total. The van der Waals surface area contributed by atoms with Crippen LogP contribution in [0.3, 0.4) is 0 Å².